The molecule has 0 aromatic heterocycles. The van der Waals surface area contributed by atoms with Crippen LogP contribution in [0.3, 0.4) is 0 Å². The first-order valence-electron chi connectivity index (χ1n) is 10.2. The number of amides is 2. The third-order valence-corrected chi connectivity index (χ3v) is 5.02. The Morgan fingerprint density at radius 3 is 2.18 bits per heavy atom. The van der Waals surface area contributed by atoms with Crippen LogP contribution in [0.25, 0.3) is 0 Å². The Kier molecular flexibility index (Phi) is 8.67. The molecule has 0 fully saturated rings. The molecule has 0 spiro atoms. The second-order valence-corrected chi connectivity index (χ2v) is 7.88. The number of benzene rings is 1. The average Bonchev–Trinajstić information content (AvgIpc) is 2.98. The van der Waals surface area contributed by atoms with Gasteiger partial charge in [-0.05, 0) is 44.9 Å². The predicted octanol–water partition coefficient (Wildman–Crippen LogP) is 2.31. The van der Waals surface area contributed by atoms with Gasteiger partial charge < -0.3 is 16.0 Å². The maximum absolute atomic E-state index is 11.6. The Hall–Kier alpha value is -2.18. The lowest BCUT2D eigenvalue weighted by molar-refractivity contribution is -0.136. The van der Waals surface area contributed by atoms with Crippen LogP contribution in [0.2, 0.25) is 0 Å². The van der Waals surface area contributed by atoms with Crippen molar-refractivity contribution in [3.8, 4) is 0 Å². The van der Waals surface area contributed by atoms with Crippen LogP contribution in [0.4, 0.5) is 5.69 Å². The lowest BCUT2D eigenvalue weighted by Crippen LogP contribution is -2.47. The first kappa shape index (κ1) is 22.1. The molecule has 2 amide bonds. The van der Waals surface area contributed by atoms with Crippen LogP contribution in [0.1, 0.15) is 32.8 Å². The van der Waals surface area contributed by atoms with Crippen molar-refractivity contribution in [2.45, 2.75) is 46.2 Å². The van der Waals surface area contributed by atoms with Gasteiger partial charge in [0.25, 0.3) is 11.8 Å². The monoisotopic (exact) mass is 386 g/mol. The van der Waals surface area contributed by atoms with Crippen molar-refractivity contribution in [3.63, 3.8) is 0 Å². The van der Waals surface area contributed by atoms with E-state index >= 15 is 0 Å². The van der Waals surface area contributed by atoms with Crippen molar-refractivity contribution in [3.05, 3.63) is 42.0 Å². The van der Waals surface area contributed by atoms with Crippen molar-refractivity contribution in [2.75, 3.05) is 31.5 Å². The third kappa shape index (κ3) is 7.09. The van der Waals surface area contributed by atoms with Crippen molar-refractivity contribution in [1.29, 1.82) is 0 Å². The Bertz CT molecular complexity index is 652. The lowest BCUT2D eigenvalue weighted by Gasteiger charge is -2.26. The molecule has 1 aliphatic heterocycles. The Morgan fingerprint density at radius 1 is 0.929 bits per heavy atom. The van der Waals surface area contributed by atoms with Gasteiger partial charge in [0.05, 0.1) is 0 Å². The highest BCUT2D eigenvalue weighted by molar-refractivity contribution is 6.12. The minimum absolute atomic E-state index is 0.207. The summed E-state index contributed by atoms with van der Waals surface area (Å²) in [6.45, 7) is 11.6. The molecule has 3 N–H and O–H groups in total. The number of rotatable bonds is 12. The quantitative estimate of drug-likeness (QED) is 0.380. The number of anilines is 1. The Balaban J connectivity index is 1.65. The highest BCUT2D eigenvalue weighted by atomic mass is 16.2. The van der Waals surface area contributed by atoms with Gasteiger partial charge in [-0.2, -0.15) is 0 Å². The van der Waals surface area contributed by atoms with Crippen molar-refractivity contribution in [2.24, 2.45) is 5.92 Å². The largest absolute Gasteiger partial charge is 0.383 e. The molecule has 0 radical (unpaired) electrons. The van der Waals surface area contributed by atoms with Gasteiger partial charge in [0.15, 0.2) is 0 Å². The summed E-state index contributed by atoms with van der Waals surface area (Å²) < 4.78 is 0. The van der Waals surface area contributed by atoms with E-state index in [1.54, 1.807) is 0 Å². The number of hydrogen-bond donors (Lipinski definition) is 3. The van der Waals surface area contributed by atoms with E-state index in [1.807, 2.05) is 0 Å². The maximum atomic E-state index is 11.6. The fourth-order valence-electron chi connectivity index (χ4n) is 3.06. The van der Waals surface area contributed by atoms with Gasteiger partial charge in [-0.25, -0.2) is 0 Å². The molecule has 0 bridgehead atoms. The van der Waals surface area contributed by atoms with Gasteiger partial charge >= 0.3 is 0 Å². The van der Waals surface area contributed by atoms with E-state index in [2.05, 4.69) is 67.9 Å². The Morgan fingerprint density at radius 2 is 1.57 bits per heavy atom. The van der Waals surface area contributed by atoms with Gasteiger partial charge in [0, 0.05) is 49.6 Å². The highest BCUT2D eigenvalue weighted by Gasteiger charge is 2.22. The van der Waals surface area contributed by atoms with Crippen LogP contribution in [0.15, 0.2) is 36.4 Å². The molecule has 2 atom stereocenters. The summed E-state index contributed by atoms with van der Waals surface area (Å²) in [5.41, 5.74) is 2.40. The van der Waals surface area contributed by atoms with Gasteiger partial charge in [0.2, 0.25) is 0 Å². The first-order chi connectivity index (χ1) is 13.4. The smallest absolute Gasteiger partial charge is 0.253 e. The van der Waals surface area contributed by atoms with Crippen LogP contribution >= 0.6 is 0 Å². The second kappa shape index (κ2) is 11.0. The van der Waals surface area contributed by atoms with Crippen LogP contribution in [-0.2, 0) is 9.59 Å². The van der Waals surface area contributed by atoms with E-state index in [9.17, 15) is 9.59 Å². The molecule has 0 unspecified atom stereocenters. The minimum Gasteiger partial charge on any atom is -0.383 e. The van der Waals surface area contributed by atoms with Crippen LogP contribution in [0.5, 0.6) is 0 Å². The summed E-state index contributed by atoms with van der Waals surface area (Å²) in [5, 5.41) is 10.6. The molecular formula is C22H34N4O2. The summed E-state index contributed by atoms with van der Waals surface area (Å²) in [7, 11) is 0. The number of hydrogen-bond acceptors (Lipinski definition) is 5. The molecule has 2 rings (SSSR count). The highest BCUT2D eigenvalue weighted by Crippen LogP contribution is 2.09. The van der Waals surface area contributed by atoms with Gasteiger partial charge in [-0.1, -0.05) is 31.5 Å². The van der Waals surface area contributed by atoms with Crippen molar-refractivity contribution < 1.29 is 9.59 Å². The normalized spacial score (nSPS) is 16.1. The Labute approximate surface area is 168 Å². The number of aryl methyl sites for hydroxylation is 1. The van der Waals surface area contributed by atoms with Crippen LogP contribution in [-0.4, -0.2) is 55.0 Å². The maximum Gasteiger partial charge on any atom is 0.253 e. The summed E-state index contributed by atoms with van der Waals surface area (Å²) in [4.78, 5) is 24.4. The minimum atomic E-state index is -0.207. The third-order valence-electron chi connectivity index (χ3n) is 5.02. The molecule has 6 nitrogen and oxygen atoms in total. The molecule has 0 saturated heterocycles. The summed E-state index contributed by atoms with van der Waals surface area (Å²) in [5.74, 6) is 0.0745. The van der Waals surface area contributed by atoms with E-state index in [1.165, 1.54) is 22.6 Å². The molecule has 1 aliphatic rings. The second-order valence-electron chi connectivity index (χ2n) is 7.88. The standard InChI is InChI=1S/C22H34N4O2/c1-16(2)20(23-12-5-13-26-21(27)10-11-22(26)28)15-24-18(4)14-25-19-8-6-17(3)7-9-19/h6-11,16,18,20,23-25H,5,12-15H2,1-4H3/t18-,20+/m0/s1. The molecule has 0 aliphatic carbocycles. The van der Waals surface area contributed by atoms with Crippen molar-refractivity contribution in [1.82, 2.24) is 15.5 Å². The number of carbonyl (C=O) groups is 2. The van der Waals surface area contributed by atoms with E-state index in [0.29, 0.717) is 24.5 Å². The van der Waals surface area contributed by atoms with E-state index in [4.69, 9.17) is 0 Å². The van der Waals surface area contributed by atoms with Crippen LogP contribution in [0, 0.1) is 12.8 Å². The summed E-state index contributed by atoms with van der Waals surface area (Å²) >= 11 is 0. The topological polar surface area (TPSA) is 73.5 Å². The molecule has 1 heterocycles. The summed E-state index contributed by atoms with van der Waals surface area (Å²) in [6, 6.07) is 9.11. The van der Waals surface area contributed by atoms with E-state index in [-0.39, 0.29) is 11.8 Å². The van der Waals surface area contributed by atoms with Gasteiger partial charge in [-0.3, -0.25) is 14.5 Å². The lowest BCUT2D eigenvalue weighted by atomic mass is 10.0. The van der Waals surface area contributed by atoms with E-state index in [0.717, 1.165) is 31.7 Å². The number of nitrogens with one attached hydrogen (secondary N) is 3. The van der Waals surface area contributed by atoms with Gasteiger partial charge in [-0.15, -0.1) is 0 Å². The zero-order valence-corrected chi connectivity index (χ0v) is 17.5. The molecule has 0 saturated carbocycles. The summed E-state index contributed by atoms with van der Waals surface area (Å²) in [6.07, 6.45) is 3.43. The number of nitrogens with zero attached hydrogens (tertiary/aromatic N) is 1. The van der Waals surface area contributed by atoms with Crippen LogP contribution < -0.4 is 16.0 Å². The molecule has 6 heteroatoms. The predicted molar refractivity (Wildman–Crippen MR) is 114 cm³/mol. The van der Waals surface area contributed by atoms with E-state index < -0.39 is 0 Å². The average molecular weight is 387 g/mol. The molecule has 1 aromatic carbocycles. The zero-order valence-electron chi connectivity index (χ0n) is 17.5. The van der Waals surface area contributed by atoms with Gasteiger partial charge in [0.1, 0.15) is 0 Å². The molecule has 28 heavy (non-hydrogen) atoms. The van der Waals surface area contributed by atoms with Crippen molar-refractivity contribution >= 4 is 17.5 Å². The SMILES string of the molecule is Cc1ccc(NC[C@H](C)NC[C@@H](NCCCN2C(=O)C=CC2=O)C(C)C)cc1. The zero-order chi connectivity index (χ0) is 20.5. The number of carbonyl (C=O) groups excluding carboxylic acids is 2. The fraction of sp³-hybridized carbons (Fsp3) is 0.545. The first-order valence-corrected chi connectivity index (χ1v) is 10.2. The molecule has 1 aromatic rings. The molecule has 154 valence electrons. The number of imide groups is 1. The molecular weight excluding hydrogens is 352 g/mol. The fourth-order valence-corrected chi connectivity index (χ4v) is 3.06.